The number of rotatable bonds is 7. The number of aryl methyl sites for hydroxylation is 1. The summed E-state index contributed by atoms with van der Waals surface area (Å²) in [6.45, 7) is 1.72. The Kier molecular flexibility index (Phi) is 6.81. The average molecular weight is 398 g/mol. The molecular formula is C19H17F3O4S. The van der Waals surface area contributed by atoms with Gasteiger partial charge < -0.3 is 9.29 Å². The molecule has 0 amide bonds. The number of aliphatic hydroxyl groups is 1. The van der Waals surface area contributed by atoms with Crippen LogP contribution in [0.2, 0.25) is 0 Å². The van der Waals surface area contributed by atoms with Crippen LogP contribution in [0.15, 0.2) is 77.2 Å². The zero-order chi connectivity index (χ0) is 20.0. The molecule has 144 valence electrons. The largest absolute Gasteiger partial charge is 0.381 e. The monoisotopic (exact) mass is 398 g/mol. The number of benzene rings is 2. The van der Waals surface area contributed by atoms with E-state index >= 15 is 0 Å². The molecule has 27 heavy (non-hydrogen) atoms. The maximum Gasteiger partial charge on any atom is 0.339 e. The van der Waals surface area contributed by atoms with Gasteiger partial charge in [-0.1, -0.05) is 54.1 Å². The van der Waals surface area contributed by atoms with Crippen molar-refractivity contribution in [3.8, 4) is 0 Å². The highest BCUT2D eigenvalue weighted by Crippen LogP contribution is 2.25. The van der Waals surface area contributed by atoms with Gasteiger partial charge in [-0.25, -0.2) is 13.2 Å². The van der Waals surface area contributed by atoms with Gasteiger partial charge in [-0.05, 0) is 30.7 Å². The second kappa shape index (κ2) is 8.88. The van der Waals surface area contributed by atoms with Crippen molar-refractivity contribution in [3.05, 3.63) is 83.4 Å². The highest BCUT2D eigenvalue weighted by molar-refractivity contribution is 7.86. The molecule has 2 aromatic carbocycles. The third kappa shape index (κ3) is 5.70. The van der Waals surface area contributed by atoms with Crippen LogP contribution in [0.4, 0.5) is 13.2 Å². The van der Waals surface area contributed by atoms with Crippen molar-refractivity contribution in [2.45, 2.75) is 24.3 Å². The number of halogens is 3. The zero-order valence-corrected chi connectivity index (χ0v) is 15.0. The summed E-state index contributed by atoms with van der Waals surface area (Å²) in [7, 11) is -4.61. The van der Waals surface area contributed by atoms with Crippen LogP contribution < -0.4 is 0 Å². The molecular weight excluding hydrogens is 381 g/mol. The summed E-state index contributed by atoms with van der Waals surface area (Å²) < 4.78 is 68.4. The van der Waals surface area contributed by atoms with Gasteiger partial charge in [0.1, 0.15) is 11.0 Å². The van der Waals surface area contributed by atoms with E-state index in [4.69, 9.17) is 0 Å². The van der Waals surface area contributed by atoms with Gasteiger partial charge in [-0.2, -0.15) is 8.42 Å². The molecule has 0 bridgehead atoms. The molecule has 8 heteroatoms. The van der Waals surface area contributed by atoms with E-state index < -0.39 is 34.2 Å². The summed E-state index contributed by atoms with van der Waals surface area (Å²) in [5.74, 6) is -3.53. The molecule has 0 fully saturated rings. The molecule has 0 saturated heterocycles. The first kappa shape index (κ1) is 20.7. The molecule has 0 radical (unpaired) electrons. The minimum Gasteiger partial charge on any atom is -0.381 e. The van der Waals surface area contributed by atoms with E-state index in [1.54, 1.807) is 37.3 Å². The Labute approximate surface area is 155 Å². The minimum absolute atomic E-state index is 0.355. The van der Waals surface area contributed by atoms with Crippen molar-refractivity contribution in [2.24, 2.45) is 0 Å². The second-order valence-electron chi connectivity index (χ2n) is 5.58. The van der Waals surface area contributed by atoms with Gasteiger partial charge >= 0.3 is 10.1 Å². The van der Waals surface area contributed by atoms with E-state index in [1.165, 1.54) is 30.3 Å². The van der Waals surface area contributed by atoms with Gasteiger partial charge in [-0.3, -0.25) is 0 Å². The Hall–Kier alpha value is -2.58. The third-order valence-electron chi connectivity index (χ3n) is 3.48. The van der Waals surface area contributed by atoms with Gasteiger partial charge in [0.25, 0.3) is 6.43 Å². The van der Waals surface area contributed by atoms with Crippen molar-refractivity contribution < 1.29 is 30.9 Å². The highest BCUT2D eigenvalue weighted by Gasteiger charge is 2.29. The standard InChI is InChI=1S/C19H17F3O4S/c1-13-7-10-15(11-8-13)27(24,25)26-18(17(20)19(21)22)16(23)12-9-14-5-3-2-4-6-14/h2-12,16,19,23H,1H3/b12-9+,18-17-. The number of hydrogen-bond donors (Lipinski definition) is 1. The first-order valence-electron chi connectivity index (χ1n) is 7.81. The molecule has 0 aliphatic heterocycles. The summed E-state index contributed by atoms with van der Waals surface area (Å²) in [4.78, 5) is -0.355. The quantitative estimate of drug-likeness (QED) is 0.560. The molecule has 1 unspecified atom stereocenters. The third-order valence-corrected chi connectivity index (χ3v) is 4.72. The van der Waals surface area contributed by atoms with Crippen LogP contribution in [0.3, 0.4) is 0 Å². The van der Waals surface area contributed by atoms with Crippen LogP contribution in [0.25, 0.3) is 6.08 Å². The lowest BCUT2D eigenvalue weighted by Crippen LogP contribution is -2.18. The van der Waals surface area contributed by atoms with Crippen LogP contribution in [0, 0.1) is 6.92 Å². The molecule has 4 nitrogen and oxygen atoms in total. The Morgan fingerprint density at radius 3 is 2.22 bits per heavy atom. The van der Waals surface area contributed by atoms with Crippen LogP contribution in [0.1, 0.15) is 11.1 Å². The molecule has 0 aliphatic rings. The molecule has 0 aromatic heterocycles. The normalized spacial score (nSPS) is 14.3. The second-order valence-corrected chi connectivity index (χ2v) is 7.12. The Morgan fingerprint density at radius 2 is 1.67 bits per heavy atom. The summed E-state index contributed by atoms with van der Waals surface area (Å²) in [5.41, 5.74) is 1.35. The SMILES string of the molecule is Cc1ccc(S(=O)(=O)O/C(=C(\F)C(F)F)C(O)/C=C/c2ccccc2)cc1. The fourth-order valence-corrected chi connectivity index (χ4v) is 3.04. The number of allylic oxidation sites excluding steroid dienone is 1. The van der Waals surface area contributed by atoms with Gasteiger partial charge in [0.2, 0.25) is 5.83 Å². The van der Waals surface area contributed by atoms with E-state index in [0.717, 1.165) is 11.6 Å². The van der Waals surface area contributed by atoms with E-state index in [0.29, 0.717) is 5.56 Å². The van der Waals surface area contributed by atoms with Gasteiger partial charge in [-0.15, -0.1) is 0 Å². The van der Waals surface area contributed by atoms with Gasteiger partial charge in [0.15, 0.2) is 5.76 Å². The van der Waals surface area contributed by atoms with Crippen molar-refractivity contribution in [3.63, 3.8) is 0 Å². The lowest BCUT2D eigenvalue weighted by molar-refractivity contribution is 0.131. The maximum absolute atomic E-state index is 13.8. The molecule has 0 heterocycles. The summed E-state index contributed by atoms with van der Waals surface area (Å²) in [6, 6.07) is 13.8. The lowest BCUT2D eigenvalue weighted by atomic mass is 10.1. The Bertz CT molecular complexity index is 921. The molecule has 0 aliphatic carbocycles. The van der Waals surface area contributed by atoms with Crippen molar-refractivity contribution in [2.75, 3.05) is 0 Å². The fourth-order valence-electron chi connectivity index (χ4n) is 2.06. The summed E-state index contributed by atoms with van der Waals surface area (Å²) >= 11 is 0. The minimum atomic E-state index is -4.61. The molecule has 2 rings (SSSR count). The van der Waals surface area contributed by atoms with E-state index in [9.17, 15) is 26.7 Å². The van der Waals surface area contributed by atoms with E-state index in [-0.39, 0.29) is 4.90 Å². The molecule has 2 aromatic rings. The van der Waals surface area contributed by atoms with E-state index in [2.05, 4.69) is 4.18 Å². The lowest BCUT2D eigenvalue weighted by Gasteiger charge is -2.15. The first-order chi connectivity index (χ1) is 12.7. The summed E-state index contributed by atoms with van der Waals surface area (Å²) in [6.07, 6.45) is -3.39. The smallest absolute Gasteiger partial charge is 0.339 e. The number of alkyl halides is 2. The van der Waals surface area contributed by atoms with Crippen molar-refractivity contribution >= 4 is 16.2 Å². The molecule has 0 spiro atoms. The Morgan fingerprint density at radius 1 is 1.07 bits per heavy atom. The molecule has 1 atom stereocenters. The van der Waals surface area contributed by atoms with Gasteiger partial charge in [0.05, 0.1) is 0 Å². The predicted octanol–water partition coefficient (Wildman–Crippen LogP) is 4.22. The number of hydrogen-bond acceptors (Lipinski definition) is 4. The fraction of sp³-hybridized carbons (Fsp3) is 0.158. The van der Waals surface area contributed by atoms with Gasteiger partial charge in [0, 0.05) is 0 Å². The van der Waals surface area contributed by atoms with Crippen LogP contribution in [-0.4, -0.2) is 26.1 Å². The Balaban J connectivity index is 2.34. The van der Waals surface area contributed by atoms with Crippen molar-refractivity contribution in [1.29, 1.82) is 0 Å². The first-order valence-corrected chi connectivity index (χ1v) is 9.21. The zero-order valence-electron chi connectivity index (χ0n) is 14.2. The topological polar surface area (TPSA) is 63.6 Å². The summed E-state index contributed by atoms with van der Waals surface area (Å²) in [5, 5.41) is 10.0. The van der Waals surface area contributed by atoms with Crippen LogP contribution in [0.5, 0.6) is 0 Å². The average Bonchev–Trinajstić information content (AvgIpc) is 2.64. The van der Waals surface area contributed by atoms with E-state index in [1.807, 2.05) is 0 Å². The maximum atomic E-state index is 13.8. The van der Waals surface area contributed by atoms with Crippen LogP contribution >= 0.6 is 0 Å². The highest BCUT2D eigenvalue weighted by atomic mass is 32.2. The molecule has 1 N–H and O–H groups in total. The molecule has 0 saturated carbocycles. The van der Waals surface area contributed by atoms with Crippen molar-refractivity contribution in [1.82, 2.24) is 0 Å². The predicted molar refractivity (Wildman–Crippen MR) is 95.1 cm³/mol. The number of aliphatic hydroxyl groups excluding tert-OH is 1. The van der Waals surface area contributed by atoms with Crippen LogP contribution in [-0.2, 0) is 14.3 Å².